The van der Waals surface area contributed by atoms with Gasteiger partial charge < -0.3 is 10.2 Å². The van der Waals surface area contributed by atoms with Gasteiger partial charge >= 0.3 is 0 Å². The molecule has 1 amide bonds. The van der Waals surface area contributed by atoms with Gasteiger partial charge in [-0.25, -0.2) is 0 Å². The first-order valence-electron chi connectivity index (χ1n) is 6.30. The molecule has 90 valence electrons. The molecule has 2 atom stereocenters. The van der Waals surface area contributed by atoms with E-state index >= 15 is 0 Å². The highest BCUT2D eigenvalue weighted by Gasteiger charge is 2.34. The summed E-state index contributed by atoms with van der Waals surface area (Å²) in [5, 5.41) is 3.61. The maximum Gasteiger partial charge on any atom is 0.222 e. The quantitative estimate of drug-likeness (QED) is 0.732. The van der Waals surface area contributed by atoms with Gasteiger partial charge in [0.15, 0.2) is 0 Å². The molecule has 0 aliphatic carbocycles. The molecule has 0 aromatic rings. The molecular weight excluding hydrogens is 200 g/mol. The topological polar surface area (TPSA) is 32.3 Å². The average Bonchev–Trinajstić information content (AvgIpc) is 2.58. The first-order valence-corrected chi connectivity index (χ1v) is 6.30. The van der Waals surface area contributed by atoms with Crippen molar-refractivity contribution < 1.29 is 4.79 Å². The van der Waals surface area contributed by atoms with Crippen LogP contribution in [0.2, 0.25) is 0 Å². The number of piperidine rings is 1. The third kappa shape index (κ3) is 2.64. The number of hydrogen-bond donors (Lipinski definition) is 1. The first kappa shape index (κ1) is 11.6. The Hall–Kier alpha value is -0.830. The zero-order chi connectivity index (χ0) is 11.5. The first-order chi connectivity index (χ1) is 7.69. The van der Waals surface area contributed by atoms with Crippen molar-refractivity contribution in [3.05, 3.63) is 12.7 Å². The van der Waals surface area contributed by atoms with E-state index in [2.05, 4.69) is 11.9 Å². The molecule has 1 N–H and O–H groups in total. The van der Waals surface area contributed by atoms with Crippen molar-refractivity contribution in [1.82, 2.24) is 10.2 Å². The Morgan fingerprint density at radius 2 is 2.06 bits per heavy atom. The van der Waals surface area contributed by atoms with Gasteiger partial charge in [-0.2, -0.15) is 0 Å². The van der Waals surface area contributed by atoms with Crippen LogP contribution in [0.25, 0.3) is 0 Å². The van der Waals surface area contributed by atoms with Crippen LogP contribution >= 0.6 is 0 Å². The molecule has 2 rings (SSSR count). The standard InChI is InChI=1S/C13H22N2O/c1-3-6-15(2)13(16)9-10-7-11-4-5-12(8-10)14-11/h3,10-12,14H,1,4-9H2,2H3. The van der Waals surface area contributed by atoms with Crippen molar-refractivity contribution in [3.8, 4) is 0 Å². The molecule has 0 radical (unpaired) electrons. The maximum absolute atomic E-state index is 11.9. The van der Waals surface area contributed by atoms with E-state index in [1.807, 2.05) is 7.05 Å². The fourth-order valence-electron chi connectivity index (χ4n) is 3.04. The summed E-state index contributed by atoms with van der Waals surface area (Å²) < 4.78 is 0. The van der Waals surface area contributed by atoms with Crippen molar-refractivity contribution in [2.24, 2.45) is 5.92 Å². The monoisotopic (exact) mass is 222 g/mol. The zero-order valence-corrected chi connectivity index (χ0v) is 10.1. The number of nitrogens with zero attached hydrogens (tertiary/aromatic N) is 1. The molecule has 16 heavy (non-hydrogen) atoms. The highest BCUT2D eigenvalue weighted by molar-refractivity contribution is 5.76. The van der Waals surface area contributed by atoms with E-state index in [-0.39, 0.29) is 5.91 Å². The van der Waals surface area contributed by atoms with E-state index in [0.717, 1.165) is 6.42 Å². The molecule has 3 heteroatoms. The van der Waals surface area contributed by atoms with Gasteiger partial charge in [0.2, 0.25) is 5.91 Å². The van der Waals surface area contributed by atoms with Crippen LogP contribution in [0.1, 0.15) is 32.1 Å². The number of carbonyl (C=O) groups is 1. The zero-order valence-electron chi connectivity index (χ0n) is 10.1. The minimum atomic E-state index is 0.270. The van der Waals surface area contributed by atoms with Crippen LogP contribution in [0.5, 0.6) is 0 Å². The molecule has 2 fully saturated rings. The summed E-state index contributed by atoms with van der Waals surface area (Å²) >= 11 is 0. The molecule has 2 heterocycles. The number of nitrogens with one attached hydrogen (secondary N) is 1. The van der Waals surface area contributed by atoms with Gasteiger partial charge in [-0.05, 0) is 31.6 Å². The van der Waals surface area contributed by atoms with Crippen LogP contribution in [0.3, 0.4) is 0 Å². The van der Waals surface area contributed by atoms with Crippen LogP contribution in [0.4, 0.5) is 0 Å². The van der Waals surface area contributed by atoms with Crippen molar-refractivity contribution in [1.29, 1.82) is 0 Å². The summed E-state index contributed by atoms with van der Waals surface area (Å²) in [4.78, 5) is 13.7. The average molecular weight is 222 g/mol. The molecule has 0 spiro atoms. The fourth-order valence-corrected chi connectivity index (χ4v) is 3.04. The summed E-state index contributed by atoms with van der Waals surface area (Å²) in [6, 6.07) is 1.36. The molecule has 0 aromatic carbocycles. The SMILES string of the molecule is C=CCN(C)C(=O)CC1CC2CCC(C1)N2. The predicted molar refractivity (Wildman–Crippen MR) is 65.1 cm³/mol. The van der Waals surface area contributed by atoms with Crippen LogP contribution in [0.15, 0.2) is 12.7 Å². The van der Waals surface area contributed by atoms with E-state index in [4.69, 9.17) is 0 Å². The minimum absolute atomic E-state index is 0.270. The molecule has 2 aliphatic heterocycles. The smallest absolute Gasteiger partial charge is 0.222 e. The molecule has 3 nitrogen and oxygen atoms in total. The van der Waals surface area contributed by atoms with E-state index < -0.39 is 0 Å². The normalized spacial score (nSPS) is 32.4. The molecule has 2 unspecified atom stereocenters. The molecule has 2 bridgehead atoms. The number of rotatable bonds is 4. The highest BCUT2D eigenvalue weighted by atomic mass is 16.2. The van der Waals surface area contributed by atoms with Crippen LogP contribution in [0, 0.1) is 5.92 Å². The fraction of sp³-hybridized carbons (Fsp3) is 0.769. The lowest BCUT2D eigenvalue weighted by Crippen LogP contribution is -2.40. The lowest BCUT2D eigenvalue weighted by atomic mass is 9.89. The van der Waals surface area contributed by atoms with E-state index in [0.29, 0.717) is 24.5 Å². The van der Waals surface area contributed by atoms with Crippen molar-refractivity contribution in [3.63, 3.8) is 0 Å². The Morgan fingerprint density at radius 1 is 1.44 bits per heavy atom. The molecular formula is C13H22N2O. The van der Waals surface area contributed by atoms with Gasteiger partial charge in [-0.3, -0.25) is 4.79 Å². The summed E-state index contributed by atoms with van der Waals surface area (Å²) in [5.74, 6) is 0.865. The highest BCUT2D eigenvalue weighted by Crippen LogP contribution is 2.32. The van der Waals surface area contributed by atoms with Crippen LogP contribution in [-0.4, -0.2) is 36.5 Å². The summed E-state index contributed by atoms with van der Waals surface area (Å²) in [5.41, 5.74) is 0. The van der Waals surface area contributed by atoms with Gasteiger partial charge in [-0.1, -0.05) is 6.08 Å². The second-order valence-electron chi connectivity index (χ2n) is 5.24. The van der Waals surface area contributed by atoms with Gasteiger partial charge in [0.25, 0.3) is 0 Å². The maximum atomic E-state index is 11.9. The number of fused-ring (bicyclic) bond motifs is 2. The van der Waals surface area contributed by atoms with Gasteiger partial charge in [0.05, 0.1) is 0 Å². The molecule has 0 aromatic heterocycles. The lowest BCUT2D eigenvalue weighted by molar-refractivity contribution is -0.130. The van der Waals surface area contributed by atoms with Crippen LogP contribution in [-0.2, 0) is 4.79 Å². The minimum Gasteiger partial charge on any atom is -0.342 e. The Bertz CT molecular complexity index is 265. The van der Waals surface area contributed by atoms with E-state index in [9.17, 15) is 4.79 Å². The Balaban J connectivity index is 1.81. The van der Waals surface area contributed by atoms with Crippen molar-refractivity contribution in [2.75, 3.05) is 13.6 Å². The number of carbonyl (C=O) groups excluding carboxylic acids is 1. The van der Waals surface area contributed by atoms with E-state index in [1.165, 1.54) is 25.7 Å². The largest absolute Gasteiger partial charge is 0.342 e. The molecule has 2 saturated heterocycles. The third-order valence-electron chi connectivity index (χ3n) is 3.86. The Labute approximate surface area is 97.9 Å². The Morgan fingerprint density at radius 3 is 2.62 bits per heavy atom. The van der Waals surface area contributed by atoms with Crippen LogP contribution < -0.4 is 5.32 Å². The molecule has 0 saturated carbocycles. The van der Waals surface area contributed by atoms with Crippen molar-refractivity contribution >= 4 is 5.91 Å². The lowest BCUT2D eigenvalue weighted by Gasteiger charge is -2.29. The van der Waals surface area contributed by atoms with Gasteiger partial charge in [-0.15, -0.1) is 6.58 Å². The van der Waals surface area contributed by atoms with Gasteiger partial charge in [0, 0.05) is 32.1 Å². The molecule has 2 aliphatic rings. The summed E-state index contributed by atoms with van der Waals surface area (Å²) in [6.07, 6.45) is 7.48. The second kappa shape index (κ2) is 5.00. The number of likely N-dealkylation sites (N-methyl/N-ethyl adjacent to an activating group) is 1. The second-order valence-corrected chi connectivity index (χ2v) is 5.24. The summed E-state index contributed by atoms with van der Waals surface area (Å²) in [6.45, 7) is 4.32. The van der Waals surface area contributed by atoms with Crippen molar-refractivity contribution in [2.45, 2.75) is 44.2 Å². The third-order valence-corrected chi connectivity index (χ3v) is 3.86. The van der Waals surface area contributed by atoms with Gasteiger partial charge in [0.1, 0.15) is 0 Å². The number of amides is 1. The number of hydrogen-bond acceptors (Lipinski definition) is 2. The Kier molecular flexibility index (Phi) is 3.64. The van der Waals surface area contributed by atoms with E-state index in [1.54, 1.807) is 11.0 Å². The summed E-state index contributed by atoms with van der Waals surface area (Å²) in [7, 11) is 1.86. The predicted octanol–water partition coefficient (Wildman–Crippen LogP) is 1.55.